The lowest BCUT2D eigenvalue weighted by Gasteiger charge is -2.22. The van der Waals surface area contributed by atoms with E-state index in [1.165, 1.54) is 0 Å². The molecule has 0 radical (unpaired) electrons. The number of hydrogen-bond acceptors (Lipinski definition) is 6. The first-order chi connectivity index (χ1) is 13.9. The summed E-state index contributed by atoms with van der Waals surface area (Å²) in [6, 6.07) is 11.9. The largest absolute Gasteiger partial charge is 0.477 e. The average molecular weight is 375 g/mol. The molecule has 5 rings (SSSR count). The highest BCUT2D eigenvalue weighted by Gasteiger charge is 2.16. The van der Waals surface area contributed by atoms with Crippen LogP contribution in [0.4, 0.5) is 11.5 Å². The topological polar surface area (TPSA) is 85.0 Å². The van der Waals surface area contributed by atoms with E-state index in [1.54, 1.807) is 12.4 Å². The highest BCUT2D eigenvalue weighted by atomic mass is 16.5. The summed E-state index contributed by atoms with van der Waals surface area (Å²) in [7, 11) is 0. The number of ether oxygens (including phenoxy) is 2. The van der Waals surface area contributed by atoms with Crippen LogP contribution >= 0.6 is 0 Å². The van der Waals surface area contributed by atoms with Gasteiger partial charge in [-0.15, -0.1) is 0 Å². The summed E-state index contributed by atoms with van der Waals surface area (Å²) in [5.41, 5.74) is 2.65. The minimum Gasteiger partial charge on any atom is -0.477 e. The van der Waals surface area contributed by atoms with Crippen molar-refractivity contribution in [3.8, 4) is 5.88 Å². The Bertz CT molecular complexity index is 1100. The van der Waals surface area contributed by atoms with Crippen molar-refractivity contribution in [2.45, 2.75) is 12.8 Å². The summed E-state index contributed by atoms with van der Waals surface area (Å²) >= 11 is 0. The second kappa shape index (κ2) is 7.44. The number of anilines is 2. The summed E-state index contributed by atoms with van der Waals surface area (Å²) in [6.45, 7) is 2.27. The quantitative estimate of drug-likeness (QED) is 0.547. The molecule has 1 aliphatic heterocycles. The van der Waals surface area contributed by atoms with Gasteiger partial charge >= 0.3 is 0 Å². The zero-order chi connectivity index (χ0) is 18.8. The van der Waals surface area contributed by atoms with E-state index in [9.17, 15) is 0 Å². The number of H-pyrrole nitrogens is 1. The molecule has 1 saturated heterocycles. The second-order valence-electron chi connectivity index (χ2n) is 7.04. The Morgan fingerprint density at radius 1 is 1.18 bits per heavy atom. The van der Waals surface area contributed by atoms with Gasteiger partial charge in [-0.1, -0.05) is 0 Å². The maximum absolute atomic E-state index is 6.02. The Morgan fingerprint density at radius 2 is 2.18 bits per heavy atom. The van der Waals surface area contributed by atoms with Gasteiger partial charge in [-0.25, -0.2) is 4.98 Å². The summed E-state index contributed by atoms with van der Waals surface area (Å²) in [5, 5.41) is 12.7. The summed E-state index contributed by atoms with van der Waals surface area (Å²) in [5.74, 6) is 1.81. The van der Waals surface area contributed by atoms with Crippen molar-refractivity contribution in [2.24, 2.45) is 5.92 Å². The fourth-order valence-electron chi connectivity index (χ4n) is 3.56. The van der Waals surface area contributed by atoms with Gasteiger partial charge in [0, 0.05) is 36.0 Å². The van der Waals surface area contributed by atoms with Crippen molar-refractivity contribution in [3.63, 3.8) is 0 Å². The average Bonchev–Trinajstić information content (AvgIpc) is 3.16. The molecule has 7 nitrogen and oxygen atoms in total. The summed E-state index contributed by atoms with van der Waals surface area (Å²) in [6.07, 6.45) is 5.79. The van der Waals surface area contributed by atoms with Gasteiger partial charge in [0.1, 0.15) is 5.52 Å². The van der Waals surface area contributed by atoms with Gasteiger partial charge in [0.05, 0.1) is 18.7 Å². The first kappa shape index (κ1) is 16.9. The van der Waals surface area contributed by atoms with E-state index in [1.807, 2.05) is 30.3 Å². The number of fused-ring (bicyclic) bond motifs is 2. The van der Waals surface area contributed by atoms with Crippen molar-refractivity contribution in [1.29, 1.82) is 0 Å². The lowest BCUT2D eigenvalue weighted by atomic mass is 10.0. The standard InChI is InChI=1S/C21H21N5O2/c1-4-18-19(22-8-1)20(26-25-18)24-16-5-6-17-15(11-16)7-9-23-21(17)28-13-14-3-2-10-27-12-14/h1,4-9,11,14H,2-3,10,12-13H2,(H2,24,25,26). The predicted octanol–water partition coefficient (Wildman–Crippen LogP) is 4.06. The molecule has 4 aromatic rings. The smallest absolute Gasteiger partial charge is 0.221 e. The van der Waals surface area contributed by atoms with Gasteiger partial charge in [0.2, 0.25) is 5.88 Å². The van der Waals surface area contributed by atoms with Crippen LogP contribution in [0.25, 0.3) is 21.8 Å². The zero-order valence-electron chi connectivity index (χ0n) is 15.4. The Kier molecular flexibility index (Phi) is 4.50. The van der Waals surface area contributed by atoms with Gasteiger partial charge < -0.3 is 14.8 Å². The van der Waals surface area contributed by atoms with Crippen LogP contribution in [0.3, 0.4) is 0 Å². The molecule has 1 aromatic carbocycles. The van der Waals surface area contributed by atoms with Gasteiger partial charge in [-0.3, -0.25) is 10.1 Å². The van der Waals surface area contributed by atoms with Crippen molar-refractivity contribution < 1.29 is 9.47 Å². The maximum Gasteiger partial charge on any atom is 0.221 e. The molecule has 0 aliphatic carbocycles. The highest BCUT2D eigenvalue weighted by molar-refractivity contribution is 5.92. The van der Waals surface area contributed by atoms with Gasteiger partial charge in [0.25, 0.3) is 0 Å². The second-order valence-corrected chi connectivity index (χ2v) is 7.04. The van der Waals surface area contributed by atoms with E-state index in [-0.39, 0.29) is 0 Å². The predicted molar refractivity (Wildman–Crippen MR) is 108 cm³/mol. The lowest BCUT2D eigenvalue weighted by molar-refractivity contribution is 0.0347. The van der Waals surface area contributed by atoms with Crippen molar-refractivity contribution in [2.75, 3.05) is 25.1 Å². The van der Waals surface area contributed by atoms with Crippen LogP contribution in [-0.2, 0) is 4.74 Å². The third-order valence-electron chi connectivity index (χ3n) is 5.02. The summed E-state index contributed by atoms with van der Waals surface area (Å²) < 4.78 is 11.6. The molecule has 0 amide bonds. The van der Waals surface area contributed by atoms with E-state index in [0.717, 1.165) is 53.5 Å². The Balaban J connectivity index is 1.37. The molecule has 0 saturated carbocycles. The number of aromatic nitrogens is 4. The SMILES string of the molecule is c1cnc2c(Nc3ccc4c(OCC5CCCOC5)nccc4c3)n[nH]c2c1. The Labute approximate surface area is 162 Å². The number of benzene rings is 1. The molecule has 1 aliphatic rings. The van der Waals surface area contributed by atoms with Gasteiger partial charge in [0.15, 0.2) is 5.82 Å². The molecular weight excluding hydrogens is 354 g/mol. The number of nitrogens with one attached hydrogen (secondary N) is 2. The molecule has 0 bridgehead atoms. The van der Waals surface area contributed by atoms with Crippen molar-refractivity contribution in [1.82, 2.24) is 20.2 Å². The van der Waals surface area contributed by atoms with Crippen LogP contribution in [0.5, 0.6) is 5.88 Å². The zero-order valence-corrected chi connectivity index (χ0v) is 15.4. The van der Waals surface area contributed by atoms with Crippen LogP contribution in [0.1, 0.15) is 12.8 Å². The molecule has 28 heavy (non-hydrogen) atoms. The fraction of sp³-hybridized carbons (Fsp3) is 0.286. The van der Waals surface area contributed by atoms with Crippen molar-refractivity contribution >= 4 is 33.3 Å². The molecule has 142 valence electrons. The number of pyridine rings is 2. The molecule has 1 atom stereocenters. The lowest BCUT2D eigenvalue weighted by Crippen LogP contribution is -2.23. The van der Waals surface area contributed by atoms with Gasteiger partial charge in [-0.05, 0) is 54.6 Å². The molecule has 3 aromatic heterocycles. The van der Waals surface area contributed by atoms with E-state index in [2.05, 4.69) is 31.5 Å². The third-order valence-corrected chi connectivity index (χ3v) is 5.02. The molecule has 2 N–H and O–H groups in total. The van der Waals surface area contributed by atoms with E-state index in [4.69, 9.17) is 9.47 Å². The van der Waals surface area contributed by atoms with E-state index in [0.29, 0.717) is 24.2 Å². The Morgan fingerprint density at radius 3 is 3.11 bits per heavy atom. The van der Waals surface area contributed by atoms with E-state index >= 15 is 0 Å². The normalized spacial score (nSPS) is 17.1. The molecular formula is C21H21N5O2. The maximum atomic E-state index is 6.02. The van der Waals surface area contributed by atoms with E-state index < -0.39 is 0 Å². The first-order valence-electron chi connectivity index (χ1n) is 9.52. The fourth-order valence-corrected chi connectivity index (χ4v) is 3.56. The van der Waals surface area contributed by atoms with Crippen LogP contribution in [0, 0.1) is 5.92 Å². The van der Waals surface area contributed by atoms with Gasteiger partial charge in [-0.2, -0.15) is 5.10 Å². The monoisotopic (exact) mass is 375 g/mol. The van der Waals surface area contributed by atoms with Crippen LogP contribution in [0.15, 0.2) is 48.8 Å². The molecule has 4 heterocycles. The number of hydrogen-bond donors (Lipinski definition) is 2. The van der Waals surface area contributed by atoms with Crippen LogP contribution < -0.4 is 10.1 Å². The van der Waals surface area contributed by atoms with Crippen molar-refractivity contribution in [3.05, 3.63) is 48.8 Å². The molecule has 7 heteroatoms. The van der Waals surface area contributed by atoms with Crippen LogP contribution in [0.2, 0.25) is 0 Å². The molecule has 0 spiro atoms. The first-order valence-corrected chi connectivity index (χ1v) is 9.52. The number of aromatic amines is 1. The van der Waals surface area contributed by atoms with Crippen LogP contribution in [-0.4, -0.2) is 40.0 Å². The summed E-state index contributed by atoms with van der Waals surface area (Å²) in [4.78, 5) is 8.81. The third kappa shape index (κ3) is 3.36. The Hall–Kier alpha value is -3.19. The molecule has 1 unspecified atom stereocenters. The number of rotatable bonds is 5. The number of nitrogens with zero attached hydrogens (tertiary/aromatic N) is 3. The minimum atomic E-state index is 0.437. The molecule has 1 fully saturated rings. The minimum absolute atomic E-state index is 0.437. The highest BCUT2D eigenvalue weighted by Crippen LogP contribution is 2.29.